The van der Waals surface area contributed by atoms with E-state index in [0.717, 1.165) is 12.0 Å². The smallest absolute Gasteiger partial charge is 0.408 e. The lowest BCUT2D eigenvalue weighted by molar-refractivity contribution is -0.130. The lowest BCUT2D eigenvalue weighted by Crippen LogP contribution is -2.34. The highest BCUT2D eigenvalue weighted by molar-refractivity contribution is 5.79. The number of hydrogen-bond acceptors (Lipinski definition) is 4. The number of amides is 1. The van der Waals surface area contributed by atoms with Gasteiger partial charge >= 0.3 is 5.76 Å². The van der Waals surface area contributed by atoms with Crippen LogP contribution in [0.3, 0.4) is 0 Å². The highest BCUT2D eigenvalue weighted by atomic mass is 16.4. The van der Waals surface area contributed by atoms with Crippen LogP contribution in [-0.4, -0.2) is 38.7 Å². The molecule has 0 N–H and O–H groups in total. The van der Waals surface area contributed by atoms with Crippen LogP contribution in [0.4, 0.5) is 0 Å². The Morgan fingerprint density at radius 3 is 2.87 bits per heavy atom. The molecule has 1 amide bonds. The molecule has 0 saturated heterocycles. The summed E-state index contributed by atoms with van der Waals surface area (Å²) in [7, 11) is 3.58. The van der Waals surface area contributed by atoms with Gasteiger partial charge in [0.25, 0.3) is 0 Å². The molecule has 0 aliphatic carbocycles. The maximum absolute atomic E-state index is 12.3. The summed E-state index contributed by atoms with van der Waals surface area (Å²) < 4.78 is 8.23. The molecule has 0 aliphatic rings. The van der Waals surface area contributed by atoms with Crippen molar-refractivity contribution in [1.29, 1.82) is 0 Å². The van der Waals surface area contributed by atoms with Crippen molar-refractivity contribution in [2.75, 3.05) is 13.6 Å². The number of rotatable bonds is 5. The number of aryl methyl sites for hydroxylation is 1. The molecule has 3 rings (SSSR count). The summed E-state index contributed by atoms with van der Waals surface area (Å²) >= 11 is 0. The van der Waals surface area contributed by atoms with E-state index in [4.69, 9.17) is 4.42 Å². The minimum absolute atomic E-state index is 0.0284. The summed E-state index contributed by atoms with van der Waals surface area (Å²) in [5.74, 6) is -0.650. The first-order valence-electron chi connectivity index (χ1n) is 7.34. The average molecular weight is 314 g/mol. The van der Waals surface area contributed by atoms with E-state index in [1.54, 1.807) is 41.0 Å². The monoisotopic (exact) mass is 314 g/mol. The van der Waals surface area contributed by atoms with Gasteiger partial charge in [-0.25, -0.2) is 4.79 Å². The van der Waals surface area contributed by atoms with E-state index < -0.39 is 5.76 Å². The second-order valence-corrected chi connectivity index (χ2v) is 5.51. The lowest BCUT2D eigenvalue weighted by Gasteiger charge is -2.16. The molecule has 23 heavy (non-hydrogen) atoms. The Morgan fingerprint density at radius 1 is 1.35 bits per heavy atom. The zero-order valence-electron chi connectivity index (χ0n) is 13.1. The number of para-hydroxylation sites is 2. The molecular weight excluding hydrogens is 296 g/mol. The van der Waals surface area contributed by atoms with Crippen LogP contribution < -0.4 is 5.76 Å². The van der Waals surface area contributed by atoms with Crippen LogP contribution in [0.15, 0.2) is 45.9 Å². The molecule has 1 aromatic carbocycles. The Labute approximate surface area is 132 Å². The Bertz CT molecular complexity index is 890. The van der Waals surface area contributed by atoms with Crippen molar-refractivity contribution < 1.29 is 9.21 Å². The Hall–Kier alpha value is -2.83. The van der Waals surface area contributed by atoms with Crippen LogP contribution in [0.2, 0.25) is 0 Å². The van der Waals surface area contributed by atoms with Gasteiger partial charge in [-0.1, -0.05) is 12.1 Å². The number of nitrogens with zero attached hydrogens (tertiary/aromatic N) is 4. The predicted molar refractivity (Wildman–Crippen MR) is 85.0 cm³/mol. The molecule has 7 nitrogen and oxygen atoms in total. The molecule has 120 valence electrons. The minimum atomic E-state index is -0.514. The number of carbonyl (C=O) groups excluding carboxylic acids is 1. The van der Waals surface area contributed by atoms with Gasteiger partial charge in [0.1, 0.15) is 6.54 Å². The molecule has 3 aromatic rings. The van der Waals surface area contributed by atoms with Gasteiger partial charge in [0.05, 0.1) is 11.7 Å². The molecule has 0 bridgehead atoms. The fourth-order valence-electron chi connectivity index (χ4n) is 2.44. The largest absolute Gasteiger partial charge is 0.420 e. The van der Waals surface area contributed by atoms with Crippen LogP contribution >= 0.6 is 0 Å². The van der Waals surface area contributed by atoms with E-state index in [1.807, 2.05) is 19.3 Å². The van der Waals surface area contributed by atoms with Crippen LogP contribution in [-0.2, 0) is 24.8 Å². The summed E-state index contributed by atoms with van der Waals surface area (Å²) in [6, 6.07) is 7.08. The molecule has 0 unspecified atom stereocenters. The molecule has 0 aliphatic heterocycles. The number of oxazole rings is 1. The van der Waals surface area contributed by atoms with Gasteiger partial charge in [-0.15, -0.1) is 0 Å². The fourth-order valence-corrected chi connectivity index (χ4v) is 2.44. The van der Waals surface area contributed by atoms with Crippen LogP contribution in [0.5, 0.6) is 0 Å². The zero-order chi connectivity index (χ0) is 16.4. The molecule has 0 fully saturated rings. The van der Waals surface area contributed by atoms with E-state index >= 15 is 0 Å². The van der Waals surface area contributed by atoms with E-state index in [1.165, 1.54) is 4.57 Å². The molecule has 2 heterocycles. The van der Waals surface area contributed by atoms with Crippen molar-refractivity contribution in [1.82, 2.24) is 19.2 Å². The first kappa shape index (κ1) is 15.1. The topological polar surface area (TPSA) is 73.3 Å². The molecular formula is C16H18N4O3. The number of carbonyl (C=O) groups is 1. The zero-order valence-corrected chi connectivity index (χ0v) is 13.1. The maximum Gasteiger partial charge on any atom is 0.420 e. The van der Waals surface area contributed by atoms with Crippen molar-refractivity contribution in [3.8, 4) is 0 Å². The third-order valence-corrected chi connectivity index (χ3v) is 3.79. The molecule has 0 atom stereocenters. The Balaban J connectivity index is 1.68. The molecule has 0 saturated carbocycles. The molecule has 0 radical (unpaired) electrons. The van der Waals surface area contributed by atoms with Crippen LogP contribution in [0, 0.1) is 0 Å². The number of likely N-dealkylation sites (N-methyl/N-ethyl adjacent to an activating group) is 1. The lowest BCUT2D eigenvalue weighted by atomic mass is 10.2. The summed E-state index contributed by atoms with van der Waals surface area (Å²) in [6.07, 6.45) is 4.43. The van der Waals surface area contributed by atoms with Crippen molar-refractivity contribution in [3.05, 3.63) is 52.8 Å². The number of hydrogen-bond donors (Lipinski definition) is 0. The van der Waals surface area contributed by atoms with Gasteiger partial charge in [-0.2, -0.15) is 5.10 Å². The first-order chi connectivity index (χ1) is 11.0. The standard InChI is InChI=1S/C16H18N4O3/c1-18(8-7-12-9-17-19(2)10-12)15(21)11-20-13-5-3-4-6-14(13)23-16(20)22/h3-6,9-10H,7-8,11H2,1-2H3. The predicted octanol–water partition coefficient (Wildman–Crippen LogP) is 1.03. The molecule has 0 spiro atoms. The van der Waals surface area contributed by atoms with Gasteiger partial charge < -0.3 is 9.32 Å². The number of aromatic nitrogens is 3. The summed E-state index contributed by atoms with van der Waals surface area (Å²) in [5, 5.41) is 4.10. The van der Waals surface area contributed by atoms with Crippen LogP contribution in [0.25, 0.3) is 11.1 Å². The number of benzene rings is 1. The van der Waals surface area contributed by atoms with Crippen molar-refractivity contribution in [2.24, 2.45) is 7.05 Å². The molecule has 2 aromatic heterocycles. The van der Waals surface area contributed by atoms with Crippen molar-refractivity contribution in [2.45, 2.75) is 13.0 Å². The summed E-state index contributed by atoms with van der Waals surface area (Å²) in [5.41, 5.74) is 2.19. The van der Waals surface area contributed by atoms with Gasteiger partial charge in [-0.3, -0.25) is 14.0 Å². The Morgan fingerprint density at radius 2 is 2.13 bits per heavy atom. The summed E-state index contributed by atoms with van der Waals surface area (Å²) in [4.78, 5) is 25.8. The normalized spacial score (nSPS) is 11.0. The maximum atomic E-state index is 12.3. The molecule has 7 heteroatoms. The number of fused-ring (bicyclic) bond motifs is 1. The second-order valence-electron chi connectivity index (χ2n) is 5.51. The fraction of sp³-hybridized carbons (Fsp3) is 0.312. The van der Waals surface area contributed by atoms with Crippen LogP contribution in [0.1, 0.15) is 5.56 Å². The van der Waals surface area contributed by atoms with Gasteiger partial charge in [0.2, 0.25) is 5.91 Å². The summed E-state index contributed by atoms with van der Waals surface area (Å²) in [6.45, 7) is 0.536. The van der Waals surface area contributed by atoms with Gasteiger partial charge in [-0.05, 0) is 24.1 Å². The minimum Gasteiger partial charge on any atom is -0.408 e. The quantitative estimate of drug-likeness (QED) is 0.705. The third kappa shape index (κ3) is 3.18. The van der Waals surface area contributed by atoms with Gasteiger partial charge in [0.15, 0.2) is 5.58 Å². The van der Waals surface area contributed by atoms with E-state index in [2.05, 4.69) is 5.10 Å². The first-order valence-corrected chi connectivity index (χ1v) is 7.34. The highest BCUT2D eigenvalue weighted by Gasteiger charge is 2.15. The van der Waals surface area contributed by atoms with E-state index in [9.17, 15) is 9.59 Å². The highest BCUT2D eigenvalue weighted by Crippen LogP contribution is 2.11. The van der Waals surface area contributed by atoms with E-state index in [-0.39, 0.29) is 12.5 Å². The average Bonchev–Trinajstić information content (AvgIpc) is 3.09. The van der Waals surface area contributed by atoms with Gasteiger partial charge in [0, 0.05) is 26.8 Å². The third-order valence-electron chi connectivity index (χ3n) is 3.79. The second kappa shape index (κ2) is 6.12. The SMILES string of the molecule is CN(CCc1cnn(C)c1)C(=O)Cn1c(=O)oc2ccccc21. The Kier molecular flexibility index (Phi) is 4.01. The van der Waals surface area contributed by atoms with Crippen molar-refractivity contribution in [3.63, 3.8) is 0 Å². The van der Waals surface area contributed by atoms with Crippen molar-refractivity contribution >= 4 is 17.0 Å². The van der Waals surface area contributed by atoms with E-state index in [0.29, 0.717) is 17.6 Å².